The molecule has 1 aromatic heterocycles. The van der Waals surface area contributed by atoms with E-state index in [2.05, 4.69) is 27.2 Å². The van der Waals surface area contributed by atoms with Crippen LogP contribution < -0.4 is 4.90 Å². The third-order valence-electron chi connectivity index (χ3n) is 4.56. The van der Waals surface area contributed by atoms with Crippen LogP contribution in [-0.2, 0) is 0 Å². The lowest BCUT2D eigenvalue weighted by Gasteiger charge is -2.21. The van der Waals surface area contributed by atoms with E-state index in [0.717, 1.165) is 25.3 Å². The zero-order valence-corrected chi connectivity index (χ0v) is 11.5. The third-order valence-corrected chi connectivity index (χ3v) is 4.56. The Bertz CT molecular complexity index is 400. The first-order chi connectivity index (χ1) is 9.36. The summed E-state index contributed by atoms with van der Waals surface area (Å²) in [5.74, 6) is 1.99. The quantitative estimate of drug-likeness (QED) is 0.907. The summed E-state index contributed by atoms with van der Waals surface area (Å²) in [4.78, 5) is 2.23. The average Bonchev–Trinajstić information content (AvgIpc) is 2.97. The standard InChI is InChI=1S/C15H23N3O/c19-11-12-8-9-18(10-12)15-7-6-14(16-17-15)13-4-2-1-3-5-13/h6-7,12-13,19H,1-5,8-11H2. The Balaban J connectivity index is 1.65. The molecular weight excluding hydrogens is 238 g/mol. The summed E-state index contributed by atoms with van der Waals surface area (Å²) in [7, 11) is 0. The Morgan fingerprint density at radius 3 is 2.58 bits per heavy atom. The first kappa shape index (κ1) is 12.9. The van der Waals surface area contributed by atoms with Gasteiger partial charge in [-0.05, 0) is 31.4 Å². The van der Waals surface area contributed by atoms with Gasteiger partial charge in [-0.3, -0.25) is 0 Å². The van der Waals surface area contributed by atoms with Crippen molar-refractivity contribution < 1.29 is 5.11 Å². The number of hydrogen-bond donors (Lipinski definition) is 1. The number of anilines is 1. The van der Waals surface area contributed by atoms with Crippen molar-refractivity contribution >= 4 is 5.82 Å². The molecule has 1 aliphatic heterocycles. The van der Waals surface area contributed by atoms with Crippen LogP contribution in [0.2, 0.25) is 0 Å². The fourth-order valence-electron chi connectivity index (χ4n) is 3.31. The number of rotatable bonds is 3. The van der Waals surface area contributed by atoms with Crippen LogP contribution in [0, 0.1) is 5.92 Å². The molecule has 4 nitrogen and oxygen atoms in total. The fourth-order valence-corrected chi connectivity index (χ4v) is 3.31. The van der Waals surface area contributed by atoms with E-state index in [4.69, 9.17) is 0 Å². The number of aliphatic hydroxyl groups is 1. The molecule has 1 saturated heterocycles. The Morgan fingerprint density at radius 1 is 1.11 bits per heavy atom. The highest BCUT2D eigenvalue weighted by molar-refractivity contribution is 5.39. The van der Waals surface area contributed by atoms with Crippen LogP contribution in [0.25, 0.3) is 0 Å². The molecule has 1 atom stereocenters. The summed E-state index contributed by atoms with van der Waals surface area (Å²) in [6.45, 7) is 2.18. The molecule has 1 unspecified atom stereocenters. The highest BCUT2D eigenvalue weighted by atomic mass is 16.3. The van der Waals surface area contributed by atoms with Gasteiger partial charge >= 0.3 is 0 Å². The monoisotopic (exact) mass is 261 g/mol. The first-order valence-electron chi connectivity index (χ1n) is 7.56. The van der Waals surface area contributed by atoms with Crippen LogP contribution in [0.3, 0.4) is 0 Å². The van der Waals surface area contributed by atoms with E-state index in [-0.39, 0.29) is 6.61 Å². The van der Waals surface area contributed by atoms with Gasteiger partial charge in [-0.15, -0.1) is 5.10 Å². The Hall–Kier alpha value is -1.16. The maximum atomic E-state index is 9.18. The zero-order chi connectivity index (χ0) is 13.1. The van der Waals surface area contributed by atoms with E-state index >= 15 is 0 Å². The second-order valence-electron chi connectivity index (χ2n) is 5.93. The molecule has 0 spiro atoms. The average molecular weight is 261 g/mol. The summed E-state index contributed by atoms with van der Waals surface area (Å²) in [5, 5.41) is 18.0. The van der Waals surface area contributed by atoms with Crippen LogP contribution in [-0.4, -0.2) is 35.0 Å². The van der Waals surface area contributed by atoms with Crippen molar-refractivity contribution in [3.63, 3.8) is 0 Å². The number of aliphatic hydroxyl groups excluding tert-OH is 1. The molecule has 3 rings (SSSR count). The largest absolute Gasteiger partial charge is 0.396 e. The van der Waals surface area contributed by atoms with Gasteiger partial charge in [0.25, 0.3) is 0 Å². The lowest BCUT2D eigenvalue weighted by Crippen LogP contribution is -2.22. The van der Waals surface area contributed by atoms with E-state index in [9.17, 15) is 5.11 Å². The van der Waals surface area contributed by atoms with Crippen LogP contribution in [0.4, 0.5) is 5.82 Å². The fraction of sp³-hybridized carbons (Fsp3) is 0.733. The van der Waals surface area contributed by atoms with Crippen LogP contribution in [0.1, 0.15) is 50.1 Å². The van der Waals surface area contributed by atoms with Gasteiger partial charge in [0.15, 0.2) is 5.82 Å². The van der Waals surface area contributed by atoms with Crippen molar-refractivity contribution in [1.82, 2.24) is 10.2 Å². The number of hydrogen-bond acceptors (Lipinski definition) is 4. The summed E-state index contributed by atoms with van der Waals surface area (Å²) >= 11 is 0. The van der Waals surface area contributed by atoms with E-state index in [1.165, 1.54) is 37.8 Å². The van der Waals surface area contributed by atoms with Gasteiger partial charge in [-0.2, -0.15) is 5.10 Å². The van der Waals surface area contributed by atoms with Crippen LogP contribution in [0.15, 0.2) is 12.1 Å². The smallest absolute Gasteiger partial charge is 0.151 e. The maximum Gasteiger partial charge on any atom is 0.151 e. The summed E-state index contributed by atoms with van der Waals surface area (Å²) in [6.07, 6.45) is 7.63. The first-order valence-corrected chi connectivity index (χ1v) is 7.56. The van der Waals surface area contributed by atoms with Crippen molar-refractivity contribution in [3.05, 3.63) is 17.8 Å². The molecule has 0 amide bonds. The normalized spacial score (nSPS) is 24.9. The van der Waals surface area contributed by atoms with Gasteiger partial charge in [0.1, 0.15) is 0 Å². The maximum absolute atomic E-state index is 9.18. The molecule has 0 bridgehead atoms. The molecule has 1 saturated carbocycles. The lowest BCUT2D eigenvalue weighted by molar-refractivity contribution is 0.238. The molecule has 104 valence electrons. The van der Waals surface area contributed by atoms with Crippen LogP contribution >= 0.6 is 0 Å². The molecule has 0 aromatic carbocycles. The molecule has 19 heavy (non-hydrogen) atoms. The lowest BCUT2D eigenvalue weighted by atomic mass is 9.87. The Kier molecular flexibility index (Phi) is 3.97. The molecule has 1 aromatic rings. The van der Waals surface area contributed by atoms with E-state index in [1.807, 2.05) is 0 Å². The van der Waals surface area contributed by atoms with Crippen LogP contribution in [0.5, 0.6) is 0 Å². The van der Waals surface area contributed by atoms with E-state index in [0.29, 0.717) is 11.8 Å². The molecule has 4 heteroatoms. The molecule has 2 heterocycles. The molecule has 2 aliphatic rings. The molecule has 0 radical (unpaired) electrons. The predicted molar refractivity (Wildman–Crippen MR) is 75.3 cm³/mol. The second kappa shape index (κ2) is 5.87. The number of nitrogens with zero attached hydrogens (tertiary/aromatic N) is 3. The van der Waals surface area contributed by atoms with Crippen molar-refractivity contribution in [1.29, 1.82) is 0 Å². The molecule has 1 aliphatic carbocycles. The van der Waals surface area contributed by atoms with Crippen molar-refractivity contribution in [3.8, 4) is 0 Å². The van der Waals surface area contributed by atoms with Gasteiger partial charge in [-0.1, -0.05) is 19.3 Å². The second-order valence-corrected chi connectivity index (χ2v) is 5.93. The minimum Gasteiger partial charge on any atom is -0.396 e. The SMILES string of the molecule is OCC1CCN(c2ccc(C3CCCCC3)nn2)C1. The van der Waals surface area contributed by atoms with Gasteiger partial charge in [0.2, 0.25) is 0 Å². The van der Waals surface area contributed by atoms with Gasteiger partial charge in [0.05, 0.1) is 5.69 Å². The van der Waals surface area contributed by atoms with Gasteiger partial charge < -0.3 is 10.0 Å². The molecule has 2 fully saturated rings. The topological polar surface area (TPSA) is 49.2 Å². The highest BCUT2D eigenvalue weighted by Gasteiger charge is 2.23. The Morgan fingerprint density at radius 2 is 1.95 bits per heavy atom. The number of aromatic nitrogens is 2. The van der Waals surface area contributed by atoms with Crippen molar-refractivity contribution in [2.24, 2.45) is 5.92 Å². The van der Waals surface area contributed by atoms with E-state index in [1.54, 1.807) is 0 Å². The predicted octanol–water partition coefficient (Wildman–Crippen LogP) is 2.34. The molecular formula is C15H23N3O. The Labute approximate surface area is 114 Å². The van der Waals surface area contributed by atoms with Crippen molar-refractivity contribution in [2.75, 3.05) is 24.6 Å². The summed E-state index contributed by atoms with van der Waals surface area (Å²) < 4.78 is 0. The minimum atomic E-state index is 0.282. The summed E-state index contributed by atoms with van der Waals surface area (Å²) in [5.41, 5.74) is 1.17. The summed E-state index contributed by atoms with van der Waals surface area (Å²) in [6, 6.07) is 4.27. The molecule has 1 N–H and O–H groups in total. The van der Waals surface area contributed by atoms with E-state index < -0.39 is 0 Å². The van der Waals surface area contributed by atoms with Gasteiger partial charge in [-0.25, -0.2) is 0 Å². The highest BCUT2D eigenvalue weighted by Crippen LogP contribution is 2.31. The van der Waals surface area contributed by atoms with Crippen molar-refractivity contribution in [2.45, 2.75) is 44.4 Å². The zero-order valence-electron chi connectivity index (χ0n) is 11.5. The minimum absolute atomic E-state index is 0.282. The van der Waals surface area contributed by atoms with Gasteiger partial charge in [0, 0.05) is 31.5 Å². The third kappa shape index (κ3) is 2.89.